The topological polar surface area (TPSA) is 66.4 Å². The summed E-state index contributed by atoms with van der Waals surface area (Å²) in [4.78, 5) is 37.7. The van der Waals surface area contributed by atoms with Crippen LogP contribution < -0.4 is 0 Å². The summed E-state index contributed by atoms with van der Waals surface area (Å²) in [5.41, 5.74) is 3.95. The molecule has 1 aromatic carbocycles. The van der Waals surface area contributed by atoms with E-state index in [-0.39, 0.29) is 11.8 Å². The van der Waals surface area contributed by atoms with Crippen molar-refractivity contribution in [1.29, 1.82) is 0 Å². The lowest BCUT2D eigenvalue weighted by molar-refractivity contribution is -0.132. The fourth-order valence-corrected chi connectivity index (χ4v) is 3.19. The molecule has 0 bridgehead atoms. The normalized spacial score (nSPS) is 14.7. The number of unbranched alkanes of at least 4 members (excludes halogenated alkanes) is 1. The van der Waals surface area contributed by atoms with E-state index in [1.165, 1.54) is 0 Å². The Balaban J connectivity index is 1.68. The SMILES string of the molecule is CCCCC(=O)N1CCN(C(=O)c2ccc3nc(C)c(C)nc3c2)CC1. The van der Waals surface area contributed by atoms with Gasteiger partial charge in [-0.05, 0) is 38.5 Å². The van der Waals surface area contributed by atoms with E-state index in [4.69, 9.17) is 0 Å². The number of fused-ring (bicyclic) bond motifs is 1. The lowest BCUT2D eigenvalue weighted by Crippen LogP contribution is -2.50. The molecule has 1 fully saturated rings. The standard InChI is InChI=1S/C20H26N4O2/c1-4-5-6-19(25)23-9-11-24(12-10-23)20(26)16-7-8-17-18(13-16)22-15(3)14(2)21-17/h7-8,13H,4-6,9-12H2,1-3H3. The maximum atomic E-state index is 12.8. The van der Waals surface area contributed by atoms with Gasteiger partial charge in [0.05, 0.1) is 22.4 Å². The average molecular weight is 354 g/mol. The highest BCUT2D eigenvalue weighted by molar-refractivity contribution is 5.97. The van der Waals surface area contributed by atoms with Crippen molar-refractivity contribution < 1.29 is 9.59 Å². The summed E-state index contributed by atoms with van der Waals surface area (Å²) in [5, 5.41) is 0. The van der Waals surface area contributed by atoms with E-state index >= 15 is 0 Å². The van der Waals surface area contributed by atoms with Gasteiger partial charge in [-0.15, -0.1) is 0 Å². The van der Waals surface area contributed by atoms with Crippen molar-refractivity contribution in [2.45, 2.75) is 40.0 Å². The van der Waals surface area contributed by atoms with Gasteiger partial charge in [0, 0.05) is 38.2 Å². The Morgan fingerprint density at radius 1 is 0.962 bits per heavy atom. The third-order valence-electron chi connectivity index (χ3n) is 4.99. The van der Waals surface area contributed by atoms with Crippen molar-refractivity contribution in [2.24, 2.45) is 0 Å². The molecule has 0 radical (unpaired) electrons. The zero-order valence-corrected chi connectivity index (χ0v) is 15.8. The maximum Gasteiger partial charge on any atom is 0.254 e. The first kappa shape index (κ1) is 18.3. The van der Waals surface area contributed by atoms with E-state index in [9.17, 15) is 9.59 Å². The predicted molar refractivity (Wildman–Crippen MR) is 101 cm³/mol. The van der Waals surface area contributed by atoms with Crippen molar-refractivity contribution in [1.82, 2.24) is 19.8 Å². The summed E-state index contributed by atoms with van der Waals surface area (Å²) in [6, 6.07) is 5.48. The van der Waals surface area contributed by atoms with E-state index in [1.807, 2.05) is 41.8 Å². The van der Waals surface area contributed by atoms with E-state index < -0.39 is 0 Å². The molecule has 2 amide bonds. The van der Waals surface area contributed by atoms with Crippen LogP contribution in [0.1, 0.15) is 47.9 Å². The second kappa shape index (κ2) is 7.81. The molecule has 26 heavy (non-hydrogen) atoms. The highest BCUT2D eigenvalue weighted by atomic mass is 16.2. The third-order valence-corrected chi connectivity index (χ3v) is 4.99. The molecule has 1 aliphatic heterocycles. The molecule has 3 rings (SSSR count). The molecular formula is C20H26N4O2. The van der Waals surface area contributed by atoms with E-state index in [0.29, 0.717) is 38.2 Å². The Bertz CT molecular complexity index is 826. The molecule has 1 saturated heterocycles. The highest BCUT2D eigenvalue weighted by Gasteiger charge is 2.24. The number of carbonyl (C=O) groups is 2. The summed E-state index contributed by atoms with van der Waals surface area (Å²) in [7, 11) is 0. The minimum Gasteiger partial charge on any atom is -0.339 e. The molecule has 2 heterocycles. The molecule has 2 aromatic rings. The highest BCUT2D eigenvalue weighted by Crippen LogP contribution is 2.17. The minimum atomic E-state index is -0.00687. The van der Waals surface area contributed by atoms with Crippen LogP contribution in [0.5, 0.6) is 0 Å². The monoisotopic (exact) mass is 354 g/mol. The number of carbonyl (C=O) groups excluding carboxylic acids is 2. The number of rotatable bonds is 4. The second-order valence-corrected chi connectivity index (χ2v) is 6.87. The number of hydrogen-bond acceptors (Lipinski definition) is 4. The van der Waals surface area contributed by atoms with Crippen molar-refractivity contribution in [3.8, 4) is 0 Å². The Morgan fingerprint density at radius 3 is 2.23 bits per heavy atom. The van der Waals surface area contributed by atoms with Gasteiger partial charge in [-0.3, -0.25) is 9.59 Å². The summed E-state index contributed by atoms with van der Waals surface area (Å²) < 4.78 is 0. The predicted octanol–water partition coefficient (Wildman–Crippen LogP) is 2.72. The average Bonchev–Trinajstić information content (AvgIpc) is 2.66. The maximum absolute atomic E-state index is 12.8. The molecule has 0 spiro atoms. The van der Waals surface area contributed by atoms with Crippen LogP contribution in [0.25, 0.3) is 11.0 Å². The van der Waals surface area contributed by atoms with Gasteiger partial charge in [0.15, 0.2) is 0 Å². The van der Waals surface area contributed by atoms with Crippen LogP contribution in [0.2, 0.25) is 0 Å². The largest absolute Gasteiger partial charge is 0.339 e. The van der Waals surface area contributed by atoms with Crippen molar-refractivity contribution >= 4 is 22.8 Å². The van der Waals surface area contributed by atoms with Crippen LogP contribution >= 0.6 is 0 Å². The van der Waals surface area contributed by atoms with Gasteiger partial charge in [-0.25, -0.2) is 9.97 Å². The lowest BCUT2D eigenvalue weighted by Gasteiger charge is -2.35. The van der Waals surface area contributed by atoms with Crippen LogP contribution in [0.15, 0.2) is 18.2 Å². The van der Waals surface area contributed by atoms with Crippen molar-refractivity contribution in [3.05, 3.63) is 35.2 Å². The lowest BCUT2D eigenvalue weighted by atomic mass is 10.1. The Labute approximate surface area is 154 Å². The number of nitrogens with zero attached hydrogens (tertiary/aromatic N) is 4. The fraction of sp³-hybridized carbons (Fsp3) is 0.500. The van der Waals surface area contributed by atoms with Gasteiger partial charge >= 0.3 is 0 Å². The van der Waals surface area contributed by atoms with Crippen LogP contribution in [-0.4, -0.2) is 57.8 Å². The Hall–Kier alpha value is -2.50. The van der Waals surface area contributed by atoms with Gasteiger partial charge in [0.25, 0.3) is 5.91 Å². The first-order valence-electron chi connectivity index (χ1n) is 9.31. The van der Waals surface area contributed by atoms with Gasteiger partial charge in [-0.2, -0.15) is 0 Å². The van der Waals surface area contributed by atoms with Gasteiger partial charge in [0.2, 0.25) is 5.91 Å². The third kappa shape index (κ3) is 3.84. The van der Waals surface area contributed by atoms with Crippen molar-refractivity contribution in [2.75, 3.05) is 26.2 Å². The number of aryl methyl sites for hydroxylation is 2. The Kier molecular flexibility index (Phi) is 5.49. The molecule has 0 N–H and O–H groups in total. The molecule has 1 aromatic heterocycles. The Morgan fingerprint density at radius 2 is 1.58 bits per heavy atom. The number of benzene rings is 1. The first-order valence-corrected chi connectivity index (χ1v) is 9.31. The van der Waals surface area contributed by atoms with Gasteiger partial charge < -0.3 is 9.80 Å². The smallest absolute Gasteiger partial charge is 0.254 e. The summed E-state index contributed by atoms with van der Waals surface area (Å²) in [6.07, 6.45) is 2.55. The number of amides is 2. The molecule has 0 unspecified atom stereocenters. The summed E-state index contributed by atoms with van der Waals surface area (Å²) in [6.45, 7) is 8.31. The van der Waals surface area contributed by atoms with Crippen LogP contribution in [0.4, 0.5) is 0 Å². The number of hydrogen-bond donors (Lipinski definition) is 0. The number of piperazine rings is 1. The quantitative estimate of drug-likeness (QED) is 0.847. The molecule has 1 aliphatic rings. The summed E-state index contributed by atoms with van der Waals surface area (Å²) in [5.74, 6) is 0.193. The van der Waals surface area contributed by atoms with Crippen LogP contribution in [-0.2, 0) is 4.79 Å². The fourth-order valence-electron chi connectivity index (χ4n) is 3.19. The molecule has 0 atom stereocenters. The van der Waals surface area contributed by atoms with Gasteiger partial charge in [-0.1, -0.05) is 13.3 Å². The molecular weight excluding hydrogens is 328 g/mol. The molecule has 0 saturated carbocycles. The van der Waals surface area contributed by atoms with Crippen LogP contribution in [0.3, 0.4) is 0 Å². The molecule has 138 valence electrons. The summed E-state index contributed by atoms with van der Waals surface area (Å²) >= 11 is 0. The van der Waals surface area contributed by atoms with Crippen molar-refractivity contribution in [3.63, 3.8) is 0 Å². The first-order chi connectivity index (χ1) is 12.5. The van der Waals surface area contributed by atoms with E-state index in [1.54, 1.807) is 0 Å². The van der Waals surface area contributed by atoms with Crippen LogP contribution in [0, 0.1) is 13.8 Å². The van der Waals surface area contributed by atoms with Gasteiger partial charge in [0.1, 0.15) is 0 Å². The zero-order valence-electron chi connectivity index (χ0n) is 15.8. The molecule has 0 aliphatic carbocycles. The second-order valence-electron chi connectivity index (χ2n) is 6.87. The zero-order chi connectivity index (χ0) is 18.7. The molecule has 6 heteroatoms. The minimum absolute atomic E-state index is 0.00687. The molecule has 6 nitrogen and oxygen atoms in total. The van der Waals surface area contributed by atoms with E-state index in [2.05, 4.69) is 16.9 Å². The number of aromatic nitrogens is 2. The van der Waals surface area contributed by atoms with E-state index in [0.717, 1.165) is 35.3 Å².